The second kappa shape index (κ2) is 11.7. The summed E-state index contributed by atoms with van der Waals surface area (Å²) in [7, 11) is 2.63. The highest BCUT2D eigenvalue weighted by molar-refractivity contribution is 5.86. The second-order valence-corrected chi connectivity index (χ2v) is 3.11. The largest absolute Gasteiger partial charge is 0.490 e. The van der Waals surface area contributed by atoms with Gasteiger partial charge in [0.05, 0.1) is 20.8 Å². The van der Waals surface area contributed by atoms with Gasteiger partial charge in [0, 0.05) is 18.6 Å². The molecule has 0 amide bonds. The number of methoxy groups -OCH3 is 2. The summed E-state index contributed by atoms with van der Waals surface area (Å²) >= 11 is 0. The number of aliphatic hydroxyl groups is 1. The van der Waals surface area contributed by atoms with E-state index in [9.17, 15) is 9.59 Å². The Balaban J connectivity index is 0. The van der Waals surface area contributed by atoms with Gasteiger partial charge in [0.2, 0.25) is 0 Å². The van der Waals surface area contributed by atoms with Gasteiger partial charge in [0.15, 0.2) is 5.76 Å². The fourth-order valence-corrected chi connectivity index (χ4v) is 0.550. The fourth-order valence-electron chi connectivity index (χ4n) is 0.550. The molecule has 0 unspecified atom stereocenters. The lowest BCUT2D eigenvalue weighted by molar-refractivity contribution is -0.140. The normalized spacial score (nSPS) is 8.44. The van der Waals surface area contributed by atoms with Gasteiger partial charge in [-0.05, 0) is 13.5 Å². The van der Waals surface area contributed by atoms with Gasteiger partial charge in [-0.2, -0.15) is 0 Å². The average molecular weight is 260 g/mol. The number of carbonyl (C=O) groups excluding carboxylic acids is 2. The topological polar surface area (TPSA) is 82.1 Å². The summed E-state index contributed by atoms with van der Waals surface area (Å²) in [5.41, 5.74) is 0.387. The van der Waals surface area contributed by atoms with Crippen molar-refractivity contribution in [1.82, 2.24) is 0 Å². The van der Waals surface area contributed by atoms with Crippen LogP contribution in [0.3, 0.4) is 0 Å². The molecule has 0 bridgehead atoms. The Morgan fingerprint density at radius 1 is 1.11 bits per heavy atom. The highest BCUT2D eigenvalue weighted by atomic mass is 16.6. The van der Waals surface area contributed by atoms with Crippen LogP contribution in [0.15, 0.2) is 24.5 Å². The molecule has 1 N–H and O–H groups in total. The third-order valence-electron chi connectivity index (χ3n) is 1.54. The van der Waals surface area contributed by atoms with Crippen molar-refractivity contribution in [1.29, 1.82) is 0 Å². The Kier molecular flexibility index (Phi) is 12.0. The maximum absolute atomic E-state index is 10.6. The third-order valence-corrected chi connectivity index (χ3v) is 1.54. The first kappa shape index (κ1) is 18.5. The zero-order chi connectivity index (χ0) is 14.6. The Morgan fingerprint density at radius 2 is 1.67 bits per heavy atom. The molecule has 0 aromatic carbocycles. The number of carbonyl (C=O) groups is 2. The summed E-state index contributed by atoms with van der Waals surface area (Å²) in [4.78, 5) is 20.9. The van der Waals surface area contributed by atoms with Gasteiger partial charge < -0.3 is 19.3 Å². The quantitative estimate of drug-likeness (QED) is 0.329. The van der Waals surface area contributed by atoms with Gasteiger partial charge >= 0.3 is 11.9 Å². The van der Waals surface area contributed by atoms with E-state index in [1.54, 1.807) is 6.92 Å². The molecule has 0 heterocycles. The summed E-state index contributed by atoms with van der Waals surface area (Å²) < 4.78 is 13.3. The smallest absolute Gasteiger partial charge is 0.372 e. The highest BCUT2D eigenvalue weighted by Crippen LogP contribution is 1.92. The minimum absolute atomic E-state index is 0.0208. The molecule has 0 radical (unpaired) electrons. The van der Waals surface area contributed by atoms with Gasteiger partial charge in [-0.25, -0.2) is 9.59 Å². The zero-order valence-corrected chi connectivity index (χ0v) is 11.0. The Morgan fingerprint density at radius 3 is 1.94 bits per heavy atom. The Bertz CT molecular complexity index is 281. The summed E-state index contributed by atoms with van der Waals surface area (Å²) in [6, 6.07) is 0. The van der Waals surface area contributed by atoms with Crippen LogP contribution in [0.25, 0.3) is 0 Å². The standard InChI is InChI=1S/C7H12O3.C5H8O3/c1-6(2)7(9)10-5-3-4-8;1-4(7-2)5(6)8-3/h8H,1,3-5H2,2H3;1H2,2-3H3. The summed E-state index contributed by atoms with van der Waals surface area (Å²) in [6.07, 6.45) is 0.485. The first-order valence-electron chi connectivity index (χ1n) is 5.15. The number of hydrogen-bond acceptors (Lipinski definition) is 6. The minimum atomic E-state index is -0.535. The lowest BCUT2D eigenvalue weighted by Crippen LogP contribution is -2.06. The van der Waals surface area contributed by atoms with E-state index in [2.05, 4.69) is 27.4 Å². The van der Waals surface area contributed by atoms with Gasteiger partial charge in [-0.1, -0.05) is 6.58 Å². The van der Waals surface area contributed by atoms with Crippen molar-refractivity contribution < 1.29 is 28.9 Å². The summed E-state index contributed by atoms with van der Waals surface area (Å²) in [5.74, 6) is -0.909. The van der Waals surface area contributed by atoms with Gasteiger partial charge in [0.25, 0.3) is 0 Å². The number of rotatable bonds is 6. The molecular weight excluding hydrogens is 240 g/mol. The van der Waals surface area contributed by atoms with E-state index in [1.165, 1.54) is 14.2 Å². The zero-order valence-electron chi connectivity index (χ0n) is 11.0. The second-order valence-electron chi connectivity index (χ2n) is 3.11. The van der Waals surface area contributed by atoms with E-state index < -0.39 is 11.9 Å². The summed E-state index contributed by atoms with van der Waals surface area (Å²) in [5, 5.41) is 8.30. The average Bonchev–Trinajstić information content (AvgIpc) is 2.37. The van der Waals surface area contributed by atoms with Crippen LogP contribution in [0, 0.1) is 0 Å². The van der Waals surface area contributed by atoms with E-state index in [0.717, 1.165) is 0 Å². The third kappa shape index (κ3) is 10.7. The molecule has 0 aromatic rings. The van der Waals surface area contributed by atoms with Crippen molar-refractivity contribution in [3.63, 3.8) is 0 Å². The van der Waals surface area contributed by atoms with E-state index in [0.29, 0.717) is 12.0 Å². The predicted octanol–water partition coefficient (Wildman–Crippen LogP) is 0.808. The number of ether oxygens (including phenoxy) is 3. The molecular formula is C12H20O6. The molecule has 6 nitrogen and oxygen atoms in total. The molecule has 104 valence electrons. The predicted molar refractivity (Wildman–Crippen MR) is 65.6 cm³/mol. The fraction of sp³-hybridized carbons (Fsp3) is 0.500. The van der Waals surface area contributed by atoms with Crippen LogP contribution < -0.4 is 0 Å². The maximum Gasteiger partial charge on any atom is 0.372 e. The van der Waals surface area contributed by atoms with Crippen LogP contribution in [-0.2, 0) is 23.8 Å². The molecule has 0 aromatic heterocycles. The van der Waals surface area contributed by atoms with Crippen molar-refractivity contribution >= 4 is 11.9 Å². The molecule has 0 saturated carbocycles. The lowest BCUT2D eigenvalue weighted by Gasteiger charge is -2.00. The van der Waals surface area contributed by atoms with E-state index in [1.807, 2.05) is 0 Å². The van der Waals surface area contributed by atoms with E-state index in [-0.39, 0.29) is 19.0 Å². The molecule has 0 rings (SSSR count). The maximum atomic E-state index is 10.6. The lowest BCUT2D eigenvalue weighted by atomic mass is 10.4. The molecule has 0 aliphatic carbocycles. The molecule has 0 spiro atoms. The van der Waals surface area contributed by atoms with Crippen molar-refractivity contribution in [2.75, 3.05) is 27.4 Å². The first-order chi connectivity index (χ1) is 8.40. The van der Waals surface area contributed by atoms with Crippen molar-refractivity contribution in [2.45, 2.75) is 13.3 Å². The monoisotopic (exact) mass is 260 g/mol. The van der Waals surface area contributed by atoms with E-state index in [4.69, 9.17) is 5.11 Å². The van der Waals surface area contributed by atoms with E-state index >= 15 is 0 Å². The van der Waals surface area contributed by atoms with Crippen LogP contribution in [-0.4, -0.2) is 44.5 Å². The van der Waals surface area contributed by atoms with Crippen LogP contribution in [0.4, 0.5) is 0 Å². The number of hydrogen-bond donors (Lipinski definition) is 1. The van der Waals surface area contributed by atoms with Crippen LogP contribution in [0.5, 0.6) is 0 Å². The first-order valence-corrected chi connectivity index (χ1v) is 5.15. The SMILES string of the molecule is C=C(C)C(=O)OCCCO.C=C(OC)C(=O)OC. The van der Waals surface area contributed by atoms with Gasteiger partial charge in [0.1, 0.15) is 0 Å². The van der Waals surface area contributed by atoms with Crippen molar-refractivity contribution in [3.05, 3.63) is 24.5 Å². The van der Waals surface area contributed by atoms with Gasteiger partial charge in [-0.15, -0.1) is 0 Å². The van der Waals surface area contributed by atoms with Crippen molar-refractivity contribution in [3.8, 4) is 0 Å². The molecule has 0 atom stereocenters. The van der Waals surface area contributed by atoms with Crippen LogP contribution in [0.1, 0.15) is 13.3 Å². The molecule has 0 aliphatic rings. The Hall–Kier alpha value is -1.82. The molecule has 0 aliphatic heterocycles. The van der Waals surface area contributed by atoms with Crippen LogP contribution in [0.2, 0.25) is 0 Å². The Labute approximate surface area is 107 Å². The minimum Gasteiger partial charge on any atom is -0.490 e. The van der Waals surface area contributed by atoms with Crippen molar-refractivity contribution in [2.24, 2.45) is 0 Å². The van der Waals surface area contributed by atoms with Gasteiger partial charge in [-0.3, -0.25) is 0 Å². The number of esters is 2. The summed E-state index contributed by atoms with van der Waals surface area (Å²) in [6.45, 7) is 8.54. The molecule has 0 saturated heterocycles. The number of aliphatic hydroxyl groups excluding tert-OH is 1. The molecule has 0 fully saturated rings. The van der Waals surface area contributed by atoms with Crippen LogP contribution >= 0.6 is 0 Å². The molecule has 6 heteroatoms. The highest BCUT2D eigenvalue weighted by Gasteiger charge is 2.03. The molecule has 18 heavy (non-hydrogen) atoms.